The zero-order chi connectivity index (χ0) is 28.1. The number of imidazole rings is 1. The fourth-order valence-corrected chi connectivity index (χ4v) is 5.15. The fourth-order valence-electron chi connectivity index (χ4n) is 4.62. The van der Waals surface area contributed by atoms with Crippen LogP contribution in [0.1, 0.15) is 24.2 Å². The average molecular weight is 576 g/mol. The smallest absolute Gasteiger partial charge is 0.328 e. The van der Waals surface area contributed by atoms with Crippen LogP contribution in [0.2, 0.25) is 10.0 Å². The molecule has 2 heterocycles. The standard InChI is InChI=1S/C30H27Cl2N5O3/c1-40-30(39)28(15-24-17-33-18-34-24)35-29(38)8-4-7-25-16-27(21-11-22(31)14-23(32)12-21)36-37(25)26-10-9-19-5-2-3-6-20(19)13-26/h2-3,5-6,9-14,16-18,28H,4,7-8,15H2,1H3,(H,33,34)(H,35,38). The molecule has 10 heteroatoms. The summed E-state index contributed by atoms with van der Waals surface area (Å²) < 4.78 is 6.77. The predicted octanol–water partition coefficient (Wildman–Crippen LogP) is 5.95. The van der Waals surface area contributed by atoms with Crippen molar-refractivity contribution in [3.63, 3.8) is 0 Å². The number of halogens is 2. The van der Waals surface area contributed by atoms with Gasteiger partial charge in [0.2, 0.25) is 5.91 Å². The van der Waals surface area contributed by atoms with Gasteiger partial charge in [0, 0.05) is 46.0 Å². The molecule has 3 aromatic carbocycles. The van der Waals surface area contributed by atoms with Crippen LogP contribution in [0.4, 0.5) is 0 Å². The molecule has 0 spiro atoms. The van der Waals surface area contributed by atoms with Crippen LogP contribution in [-0.2, 0) is 27.2 Å². The zero-order valence-electron chi connectivity index (χ0n) is 21.7. The van der Waals surface area contributed by atoms with E-state index in [2.05, 4.69) is 39.6 Å². The van der Waals surface area contributed by atoms with Crippen LogP contribution in [0.15, 0.2) is 79.3 Å². The van der Waals surface area contributed by atoms with E-state index in [1.165, 1.54) is 13.4 Å². The van der Waals surface area contributed by atoms with E-state index in [-0.39, 0.29) is 18.7 Å². The maximum absolute atomic E-state index is 12.8. The second-order valence-electron chi connectivity index (χ2n) is 9.40. The van der Waals surface area contributed by atoms with E-state index in [9.17, 15) is 9.59 Å². The van der Waals surface area contributed by atoms with Crippen molar-refractivity contribution in [3.05, 3.63) is 101 Å². The van der Waals surface area contributed by atoms with E-state index < -0.39 is 12.0 Å². The van der Waals surface area contributed by atoms with Gasteiger partial charge in [0.25, 0.3) is 0 Å². The van der Waals surface area contributed by atoms with E-state index >= 15 is 0 Å². The van der Waals surface area contributed by atoms with Crippen molar-refractivity contribution in [2.75, 3.05) is 7.11 Å². The van der Waals surface area contributed by atoms with E-state index in [0.717, 1.165) is 39.1 Å². The summed E-state index contributed by atoms with van der Waals surface area (Å²) in [7, 11) is 1.30. The number of methoxy groups -OCH3 is 1. The number of nitrogens with one attached hydrogen (secondary N) is 2. The number of ether oxygens (including phenoxy) is 1. The van der Waals surface area contributed by atoms with E-state index in [1.54, 1.807) is 12.3 Å². The molecule has 2 aromatic heterocycles. The molecule has 0 aliphatic rings. The third-order valence-electron chi connectivity index (χ3n) is 6.56. The van der Waals surface area contributed by atoms with Crippen molar-refractivity contribution in [1.82, 2.24) is 25.1 Å². The molecular weight excluding hydrogens is 549 g/mol. The lowest BCUT2D eigenvalue weighted by atomic mass is 10.1. The maximum Gasteiger partial charge on any atom is 0.328 e. The van der Waals surface area contributed by atoms with Crippen molar-refractivity contribution in [2.24, 2.45) is 0 Å². The third kappa shape index (κ3) is 6.52. The molecular formula is C30H27Cl2N5O3. The molecule has 5 rings (SSSR count). The summed E-state index contributed by atoms with van der Waals surface area (Å²) in [5, 5.41) is 11.0. The number of aromatic nitrogens is 4. The summed E-state index contributed by atoms with van der Waals surface area (Å²) >= 11 is 12.5. The Morgan fingerprint density at radius 2 is 1.80 bits per heavy atom. The van der Waals surface area contributed by atoms with Gasteiger partial charge in [-0.25, -0.2) is 14.5 Å². The van der Waals surface area contributed by atoms with Gasteiger partial charge in [-0.3, -0.25) is 4.79 Å². The Kier molecular flexibility index (Phi) is 8.48. The lowest BCUT2D eigenvalue weighted by Crippen LogP contribution is -2.43. The lowest BCUT2D eigenvalue weighted by Gasteiger charge is -2.16. The molecule has 5 aromatic rings. The Morgan fingerprint density at radius 3 is 2.52 bits per heavy atom. The predicted molar refractivity (Wildman–Crippen MR) is 156 cm³/mol. The van der Waals surface area contributed by atoms with Crippen LogP contribution in [0.25, 0.3) is 27.7 Å². The quantitative estimate of drug-likeness (QED) is 0.200. The SMILES string of the molecule is COC(=O)C(Cc1cnc[nH]1)NC(=O)CCCc1cc(-c2cc(Cl)cc(Cl)c2)nn1-c1ccc2ccccc2c1. The Morgan fingerprint density at radius 1 is 1.02 bits per heavy atom. The first-order valence-electron chi connectivity index (χ1n) is 12.8. The molecule has 0 saturated carbocycles. The number of esters is 1. The van der Waals surface area contributed by atoms with Crippen molar-refractivity contribution >= 4 is 45.9 Å². The summed E-state index contributed by atoms with van der Waals surface area (Å²) in [6.45, 7) is 0. The number of rotatable bonds is 10. The Balaban J connectivity index is 1.35. The van der Waals surface area contributed by atoms with Crippen LogP contribution in [0, 0.1) is 0 Å². The largest absolute Gasteiger partial charge is 0.467 e. The van der Waals surface area contributed by atoms with Crippen LogP contribution < -0.4 is 5.32 Å². The van der Waals surface area contributed by atoms with Crippen molar-refractivity contribution in [3.8, 4) is 16.9 Å². The summed E-state index contributed by atoms with van der Waals surface area (Å²) in [5.74, 6) is -0.754. The lowest BCUT2D eigenvalue weighted by molar-refractivity contribution is -0.145. The second kappa shape index (κ2) is 12.4. The number of aromatic amines is 1. The van der Waals surface area contributed by atoms with Crippen LogP contribution >= 0.6 is 23.2 Å². The Hall–Kier alpha value is -4.14. The molecule has 0 bridgehead atoms. The Labute approximate surface area is 241 Å². The highest BCUT2D eigenvalue weighted by atomic mass is 35.5. The molecule has 1 atom stereocenters. The second-order valence-corrected chi connectivity index (χ2v) is 10.3. The highest BCUT2D eigenvalue weighted by Gasteiger charge is 2.22. The number of benzene rings is 3. The topological polar surface area (TPSA) is 102 Å². The molecule has 8 nitrogen and oxygen atoms in total. The molecule has 0 radical (unpaired) electrons. The van der Waals surface area contributed by atoms with Crippen molar-refractivity contribution in [1.29, 1.82) is 0 Å². The van der Waals surface area contributed by atoms with Gasteiger partial charge in [-0.05, 0) is 60.0 Å². The molecule has 1 unspecified atom stereocenters. The van der Waals surface area contributed by atoms with Crippen LogP contribution in [0.5, 0.6) is 0 Å². The van der Waals surface area contributed by atoms with Crippen molar-refractivity contribution in [2.45, 2.75) is 31.7 Å². The van der Waals surface area contributed by atoms with Gasteiger partial charge in [-0.1, -0.05) is 53.5 Å². The van der Waals surface area contributed by atoms with Gasteiger partial charge in [-0.2, -0.15) is 5.10 Å². The number of H-pyrrole nitrogens is 1. The molecule has 204 valence electrons. The molecule has 1 amide bonds. The zero-order valence-corrected chi connectivity index (χ0v) is 23.2. The van der Waals surface area contributed by atoms with Gasteiger partial charge in [0.1, 0.15) is 6.04 Å². The van der Waals surface area contributed by atoms with Gasteiger partial charge in [0.15, 0.2) is 0 Å². The van der Waals surface area contributed by atoms with Gasteiger partial charge >= 0.3 is 5.97 Å². The maximum atomic E-state index is 12.8. The molecule has 0 saturated heterocycles. The first-order chi connectivity index (χ1) is 19.4. The number of carbonyl (C=O) groups excluding carboxylic acids is 2. The molecule has 0 aliphatic carbocycles. The highest BCUT2D eigenvalue weighted by molar-refractivity contribution is 6.35. The first-order valence-corrected chi connectivity index (χ1v) is 13.5. The number of hydrogen-bond donors (Lipinski definition) is 2. The summed E-state index contributed by atoms with van der Waals surface area (Å²) in [4.78, 5) is 32.0. The number of aryl methyl sites for hydroxylation is 1. The Bertz CT molecular complexity index is 1630. The highest BCUT2D eigenvalue weighted by Crippen LogP contribution is 2.29. The fraction of sp³-hybridized carbons (Fsp3) is 0.200. The third-order valence-corrected chi connectivity index (χ3v) is 6.99. The molecule has 0 aliphatic heterocycles. The normalized spacial score (nSPS) is 11.9. The number of carbonyl (C=O) groups is 2. The number of nitrogens with zero attached hydrogens (tertiary/aromatic N) is 3. The summed E-state index contributed by atoms with van der Waals surface area (Å²) in [5.41, 5.74) is 4.08. The van der Waals surface area contributed by atoms with E-state index in [4.69, 9.17) is 33.0 Å². The molecule has 40 heavy (non-hydrogen) atoms. The van der Waals surface area contributed by atoms with Gasteiger partial charge in [0.05, 0.1) is 24.8 Å². The molecule has 0 fully saturated rings. The number of fused-ring (bicyclic) bond motifs is 1. The van der Waals surface area contributed by atoms with Gasteiger partial charge in [-0.15, -0.1) is 0 Å². The monoisotopic (exact) mass is 575 g/mol. The minimum absolute atomic E-state index is 0.220. The van der Waals surface area contributed by atoms with E-state index in [0.29, 0.717) is 22.9 Å². The molecule has 2 N–H and O–H groups in total. The van der Waals surface area contributed by atoms with Crippen LogP contribution in [-0.4, -0.2) is 44.8 Å². The van der Waals surface area contributed by atoms with Crippen molar-refractivity contribution < 1.29 is 14.3 Å². The van der Waals surface area contributed by atoms with Gasteiger partial charge < -0.3 is 15.0 Å². The number of amides is 1. The number of hydrogen-bond acceptors (Lipinski definition) is 5. The summed E-state index contributed by atoms with van der Waals surface area (Å²) in [6, 6.07) is 20.8. The van der Waals surface area contributed by atoms with E-state index in [1.807, 2.05) is 41.1 Å². The minimum atomic E-state index is -0.805. The summed E-state index contributed by atoms with van der Waals surface area (Å²) in [6.07, 6.45) is 4.73. The van der Waals surface area contributed by atoms with Crippen LogP contribution in [0.3, 0.4) is 0 Å². The first kappa shape index (κ1) is 27.4. The average Bonchev–Trinajstić information content (AvgIpc) is 3.62. The minimum Gasteiger partial charge on any atom is -0.467 e.